The van der Waals surface area contributed by atoms with Gasteiger partial charge in [0.2, 0.25) is 5.13 Å². The Labute approximate surface area is 149 Å². The predicted molar refractivity (Wildman–Crippen MR) is 95.9 cm³/mol. The summed E-state index contributed by atoms with van der Waals surface area (Å²) in [6.45, 7) is 7.52. The van der Waals surface area contributed by atoms with Gasteiger partial charge in [-0.3, -0.25) is 14.9 Å². The Balaban J connectivity index is 1.78. The number of benzene rings is 1. The highest BCUT2D eigenvalue weighted by atomic mass is 32.1. The molecule has 2 heterocycles. The largest absolute Gasteiger partial charge is 0.466 e. The molecule has 0 radical (unpaired) electrons. The molecular weight excluding hydrogens is 340 g/mol. The molecule has 0 spiro atoms. The second-order valence-electron chi connectivity index (χ2n) is 6.64. The number of fused-ring (bicyclic) bond motifs is 1. The molecule has 3 rings (SSSR count). The third-order valence-electron chi connectivity index (χ3n) is 3.83. The van der Waals surface area contributed by atoms with E-state index in [0.29, 0.717) is 22.5 Å². The molecule has 0 aliphatic carbocycles. The summed E-state index contributed by atoms with van der Waals surface area (Å²) in [7, 11) is 0. The van der Waals surface area contributed by atoms with Gasteiger partial charge in [0, 0.05) is 6.42 Å². The molecule has 0 saturated carbocycles. The molecular formula is C17H20N4O3S. The molecule has 2 aromatic rings. The monoisotopic (exact) mass is 360 g/mol. The number of hydrogen-bond donors (Lipinski definition) is 2. The van der Waals surface area contributed by atoms with Gasteiger partial charge in [0.1, 0.15) is 10.8 Å². The minimum absolute atomic E-state index is 0.355. The van der Waals surface area contributed by atoms with E-state index in [4.69, 9.17) is 4.74 Å². The number of nitrogens with zero attached hydrogens (tertiary/aromatic N) is 2. The Morgan fingerprint density at radius 3 is 2.88 bits per heavy atom. The first-order valence-corrected chi connectivity index (χ1v) is 8.84. The van der Waals surface area contributed by atoms with Gasteiger partial charge >= 0.3 is 0 Å². The molecule has 1 aliphatic rings. The van der Waals surface area contributed by atoms with E-state index >= 15 is 0 Å². The van der Waals surface area contributed by atoms with Gasteiger partial charge in [-0.25, -0.2) is 0 Å². The molecule has 1 aromatic heterocycles. The number of aromatic nitrogens is 2. The summed E-state index contributed by atoms with van der Waals surface area (Å²) in [6, 6.07) is 5.40. The standard InChI is InChI=1S/C17H20N4O3S/c1-9(2)7-13-20-21-16(25-13)19-15(23)17(4)14(22)18-11-8-10(3)5-6-12(11)24-17/h5-6,8-9H,7H2,1-4H3,(H,18,22)(H,19,21,23). The topological polar surface area (TPSA) is 93.2 Å². The smallest absolute Gasteiger partial charge is 0.280 e. The average Bonchev–Trinajstić information content (AvgIpc) is 2.95. The maximum atomic E-state index is 12.6. The number of anilines is 2. The lowest BCUT2D eigenvalue weighted by Gasteiger charge is -2.33. The molecule has 1 atom stereocenters. The van der Waals surface area contributed by atoms with Gasteiger partial charge in [-0.15, -0.1) is 10.2 Å². The summed E-state index contributed by atoms with van der Waals surface area (Å²) in [4.78, 5) is 25.1. The van der Waals surface area contributed by atoms with E-state index in [0.717, 1.165) is 17.0 Å². The van der Waals surface area contributed by atoms with Crippen molar-refractivity contribution in [1.82, 2.24) is 10.2 Å². The highest BCUT2D eigenvalue weighted by Crippen LogP contribution is 2.35. The van der Waals surface area contributed by atoms with Gasteiger partial charge in [0.05, 0.1) is 5.69 Å². The summed E-state index contributed by atoms with van der Waals surface area (Å²) < 4.78 is 5.72. The van der Waals surface area contributed by atoms with Crippen LogP contribution >= 0.6 is 11.3 Å². The normalized spacial score (nSPS) is 19.2. The molecule has 2 N–H and O–H groups in total. The molecule has 1 aliphatic heterocycles. The first kappa shape index (κ1) is 17.3. The Kier molecular flexibility index (Phi) is 4.47. The number of carbonyl (C=O) groups excluding carboxylic acids is 2. The van der Waals surface area contributed by atoms with E-state index in [1.54, 1.807) is 12.1 Å². The van der Waals surface area contributed by atoms with Gasteiger partial charge in [0.15, 0.2) is 0 Å². The van der Waals surface area contributed by atoms with Crippen molar-refractivity contribution < 1.29 is 14.3 Å². The fourth-order valence-electron chi connectivity index (χ4n) is 2.44. The van der Waals surface area contributed by atoms with Crippen LogP contribution in [-0.2, 0) is 16.0 Å². The van der Waals surface area contributed by atoms with Gasteiger partial charge in [-0.1, -0.05) is 31.3 Å². The molecule has 7 nitrogen and oxygen atoms in total. The van der Waals surface area contributed by atoms with Crippen LogP contribution in [-0.4, -0.2) is 27.6 Å². The molecule has 132 valence electrons. The lowest BCUT2D eigenvalue weighted by molar-refractivity contribution is -0.143. The second kappa shape index (κ2) is 6.44. The first-order chi connectivity index (χ1) is 11.8. The van der Waals surface area contributed by atoms with E-state index in [9.17, 15) is 9.59 Å². The van der Waals surface area contributed by atoms with Crippen molar-refractivity contribution in [1.29, 1.82) is 0 Å². The zero-order valence-electron chi connectivity index (χ0n) is 14.5. The van der Waals surface area contributed by atoms with Crippen LogP contribution in [0.5, 0.6) is 5.75 Å². The van der Waals surface area contributed by atoms with Crippen LogP contribution in [0, 0.1) is 12.8 Å². The summed E-state index contributed by atoms with van der Waals surface area (Å²) in [5.41, 5.74) is -0.126. The number of hydrogen-bond acceptors (Lipinski definition) is 6. The van der Waals surface area contributed by atoms with E-state index in [1.165, 1.54) is 18.3 Å². The van der Waals surface area contributed by atoms with Gasteiger partial charge in [-0.05, 0) is 37.5 Å². The number of rotatable bonds is 4. The fourth-order valence-corrected chi connectivity index (χ4v) is 3.39. The molecule has 0 fully saturated rings. The Hall–Kier alpha value is -2.48. The van der Waals surface area contributed by atoms with Crippen LogP contribution in [0.4, 0.5) is 10.8 Å². The lowest BCUT2D eigenvalue weighted by atomic mass is 10.0. The SMILES string of the molecule is Cc1ccc2c(c1)NC(=O)C(C)(C(=O)Nc1nnc(CC(C)C)s1)O2. The molecule has 1 unspecified atom stereocenters. The van der Waals surface area contributed by atoms with Crippen molar-refractivity contribution in [3.8, 4) is 5.75 Å². The molecule has 25 heavy (non-hydrogen) atoms. The molecule has 2 amide bonds. The van der Waals surface area contributed by atoms with E-state index < -0.39 is 17.4 Å². The number of amides is 2. The number of carbonyl (C=O) groups is 2. The highest BCUT2D eigenvalue weighted by molar-refractivity contribution is 7.15. The summed E-state index contributed by atoms with van der Waals surface area (Å²) in [6.07, 6.45) is 0.786. The highest BCUT2D eigenvalue weighted by Gasteiger charge is 2.47. The molecule has 0 saturated heterocycles. The maximum absolute atomic E-state index is 12.6. The van der Waals surface area contributed by atoms with Crippen LogP contribution in [0.25, 0.3) is 0 Å². The number of aryl methyl sites for hydroxylation is 1. The second-order valence-corrected chi connectivity index (χ2v) is 7.70. The third kappa shape index (κ3) is 3.48. The van der Waals surface area contributed by atoms with E-state index in [1.807, 2.05) is 13.0 Å². The summed E-state index contributed by atoms with van der Waals surface area (Å²) >= 11 is 1.30. The Bertz CT molecular complexity index is 833. The zero-order valence-corrected chi connectivity index (χ0v) is 15.4. The maximum Gasteiger partial charge on any atom is 0.280 e. The number of nitrogens with one attached hydrogen (secondary N) is 2. The Morgan fingerprint density at radius 2 is 2.16 bits per heavy atom. The molecule has 8 heteroatoms. The lowest BCUT2D eigenvalue weighted by Crippen LogP contribution is -2.56. The van der Waals surface area contributed by atoms with Crippen molar-refractivity contribution in [2.45, 2.75) is 39.7 Å². The predicted octanol–water partition coefficient (Wildman–Crippen LogP) is 2.77. The number of ether oxygens (including phenoxy) is 1. The van der Waals surface area contributed by atoms with Crippen LogP contribution < -0.4 is 15.4 Å². The minimum atomic E-state index is -1.67. The van der Waals surface area contributed by atoms with Crippen molar-refractivity contribution in [3.63, 3.8) is 0 Å². The zero-order chi connectivity index (χ0) is 18.2. The Morgan fingerprint density at radius 1 is 1.40 bits per heavy atom. The quantitative estimate of drug-likeness (QED) is 0.818. The van der Waals surface area contributed by atoms with Crippen molar-refractivity contribution in [3.05, 3.63) is 28.8 Å². The van der Waals surface area contributed by atoms with E-state index in [-0.39, 0.29) is 0 Å². The van der Waals surface area contributed by atoms with Crippen LogP contribution in [0.2, 0.25) is 0 Å². The van der Waals surface area contributed by atoms with E-state index in [2.05, 4.69) is 34.7 Å². The van der Waals surface area contributed by atoms with Gasteiger partial charge in [0.25, 0.3) is 17.4 Å². The van der Waals surface area contributed by atoms with Crippen molar-refractivity contribution in [2.75, 3.05) is 10.6 Å². The third-order valence-corrected chi connectivity index (χ3v) is 4.70. The summed E-state index contributed by atoms with van der Waals surface area (Å²) in [5.74, 6) is -0.194. The van der Waals surface area contributed by atoms with Crippen LogP contribution in [0.1, 0.15) is 31.3 Å². The first-order valence-electron chi connectivity index (χ1n) is 8.03. The minimum Gasteiger partial charge on any atom is -0.466 e. The van der Waals surface area contributed by atoms with Crippen LogP contribution in [0.15, 0.2) is 18.2 Å². The van der Waals surface area contributed by atoms with Crippen LogP contribution in [0.3, 0.4) is 0 Å². The van der Waals surface area contributed by atoms with Gasteiger partial charge in [-0.2, -0.15) is 0 Å². The average molecular weight is 360 g/mol. The molecule has 0 bridgehead atoms. The van der Waals surface area contributed by atoms with Crippen molar-refractivity contribution in [2.24, 2.45) is 5.92 Å². The van der Waals surface area contributed by atoms with Gasteiger partial charge < -0.3 is 10.1 Å². The fraction of sp³-hybridized carbons (Fsp3) is 0.412. The molecule has 1 aromatic carbocycles. The summed E-state index contributed by atoms with van der Waals surface area (Å²) in [5, 5.41) is 14.6. The van der Waals surface area contributed by atoms with Crippen molar-refractivity contribution >= 4 is 34.0 Å².